The van der Waals surface area contributed by atoms with Gasteiger partial charge in [-0.2, -0.15) is 0 Å². The van der Waals surface area contributed by atoms with Gasteiger partial charge in [0.2, 0.25) is 5.78 Å². The molecule has 2 aromatic heterocycles. The van der Waals surface area contributed by atoms with Crippen LogP contribution in [0.25, 0.3) is 11.9 Å². The highest BCUT2D eigenvalue weighted by Crippen LogP contribution is 2.40. The first-order chi connectivity index (χ1) is 20.7. The van der Waals surface area contributed by atoms with Crippen LogP contribution in [-0.2, 0) is 22.5 Å². The molecule has 224 valence electrons. The van der Waals surface area contributed by atoms with Gasteiger partial charge in [0, 0.05) is 18.9 Å². The summed E-state index contributed by atoms with van der Waals surface area (Å²) in [6.07, 6.45) is 8.74. The third kappa shape index (κ3) is 6.80. The lowest BCUT2D eigenvalue weighted by Crippen LogP contribution is -2.42. The first kappa shape index (κ1) is 29.6. The van der Waals surface area contributed by atoms with E-state index in [1.807, 2.05) is 75.4 Å². The predicted molar refractivity (Wildman–Crippen MR) is 161 cm³/mol. The molecule has 1 unspecified atom stereocenters. The topological polar surface area (TPSA) is 104 Å². The Morgan fingerprint density at radius 1 is 1.07 bits per heavy atom. The van der Waals surface area contributed by atoms with Gasteiger partial charge < -0.3 is 18.9 Å². The number of rotatable bonds is 8. The molecular formula is C33H36N4O6. The van der Waals surface area contributed by atoms with E-state index < -0.39 is 23.7 Å². The average molecular weight is 585 g/mol. The molecule has 1 aliphatic rings. The summed E-state index contributed by atoms with van der Waals surface area (Å²) in [6, 6.07) is 13.4. The summed E-state index contributed by atoms with van der Waals surface area (Å²) >= 11 is 0. The molecule has 0 radical (unpaired) electrons. The highest BCUT2D eigenvalue weighted by molar-refractivity contribution is 5.89. The fourth-order valence-electron chi connectivity index (χ4n) is 4.92. The Labute approximate surface area is 250 Å². The van der Waals surface area contributed by atoms with Crippen LogP contribution >= 0.6 is 0 Å². The molecule has 0 fully saturated rings. The molecule has 43 heavy (non-hydrogen) atoms. The van der Waals surface area contributed by atoms with Gasteiger partial charge in [-0.25, -0.2) is 19.6 Å². The summed E-state index contributed by atoms with van der Waals surface area (Å²) in [5, 5.41) is 0. The lowest BCUT2D eigenvalue weighted by atomic mass is 9.91. The Hall–Kier alpha value is -4.86. The summed E-state index contributed by atoms with van der Waals surface area (Å²) in [5.41, 5.74) is 3.33. The van der Waals surface area contributed by atoms with Crippen LogP contribution in [0.4, 0.5) is 4.79 Å². The summed E-state index contributed by atoms with van der Waals surface area (Å²) in [5.74, 6) is 1.17. The highest BCUT2D eigenvalue weighted by Gasteiger charge is 2.33. The number of methoxy groups -OCH3 is 1. The second-order valence-corrected chi connectivity index (χ2v) is 11.1. The minimum absolute atomic E-state index is 0.262. The highest BCUT2D eigenvalue weighted by atomic mass is 16.6. The van der Waals surface area contributed by atoms with E-state index in [0.29, 0.717) is 48.1 Å². The number of fused-ring (bicyclic) bond motifs is 2. The Balaban J connectivity index is 1.51. The molecule has 0 N–H and O–H groups in total. The molecule has 1 amide bonds. The minimum Gasteiger partial charge on any atom is -0.493 e. The molecule has 0 saturated heterocycles. The first-order valence-corrected chi connectivity index (χ1v) is 14.2. The van der Waals surface area contributed by atoms with Gasteiger partial charge in [0.1, 0.15) is 12.2 Å². The van der Waals surface area contributed by atoms with Crippen molar-refractivity contribution in [3.8, 4) is 11.5 Å². The van der Waals surface area contributed by atoms with Gasteiger partial charge in [0.25, 0.3) is 0 Å². The lowest BCUT2D eigenvalue weighted by molar-refractivity contribution is 0.0184. The molecule has 10 heteroatoms. The maximum atomic E-state index is 13.4. The van der Waals surface area contributed by atoms with Crippen LogP contribution in [0.3, 0.4) is 0 Å². The van der Waals surface area contributed by atoms with Gasteiger partial charge in [0.05, 0.1) is 37.2 Å². The molecule has 0 spiro atoms. The quantitative estimate of drug-likeness (QED) is 0.231. The zero-order valence-electron chi connectivity index (χ0n) is 25.1. The fraction of sp³-hybridized carbons (Fsp3) is 0.333. The number of carbonyl (C=O) groups excluding carboxylic acids is 2. The van der Waals surface area contributed by atoms with Crippen LogP contribution in [-0.4, -0.2) is 57.2 Å². The monoisotopic (exact) mass is 584 g/mol. The molecule has 10 nitrogen and oxygen atoms in total. The number of nitrogens with zero attached hydrogens (tertiary/aromatic N) is 4. The Bertz CT molecular complexity index is 1640. The maximum absolute atomic E-state index is 13.4. The number of hydrogen-bond donors (Lipinski definition) is 0. The zero-order valence-corrected chi connectivity index (χ0v) is 25.1. The minimum atomic E-state index is -0.657. The predicted octanol–water partition coefficient (Wildman–Crippen LogP) is 6.04. The Morgan fingerprint density at radius 3 is 2.56 bits per heavy atom. The van der Waals surface area contributed by atoms with Gasteiger partial charge in [-0.3, -0.25) is 9.30 Å². The molecule has 1 aliphatic heterocycles. The van der Waals surface area contributed by atoms with Crippen molar-refractivity contribution >= 4 is 23.9 Å². The normalized spacial score (nSPS) is 14.9. The second kappa shape index (κ2) is 12.6. The van der Waals surface area contributed by atoms with Crippen molar-refractivity contribution in [1.29, 1.82) is 0 Å². The third-order valence-electron chi connectivity index (χ3n) is 6.92. The van der Waals surface area contributed by atoms with E-state index in [-0.39, 0.29) is 6.61 Å². The molecule has 4 aromatic rings. The first-order valence-electron chi connectivity index (χ1n) is 14.2. The molecule has 5 rings (SSSR count). The fourth-order valence-corrected chi connectivity index (χ4v) is 4.92. The number of ether oxygens (including phenoxy) is 4. The van der Waals surface area contributed by atoms with Crippen molar-refractivity contribution in [2.75, 3.05) is 20.3 Å². The van der Waals surface area contributed by atoms with E-state index in [9.17, 15) is 9.59 Å². The molecule has 0 aliphatic carbocycles. The lowest BCUT2D eigenvalue weighted by Gasteiger charge is -2.37. The SMILES string of the molecule is CCOC(=O)c1cnc2ncc(/C=C/C3c4cc(OC)c(OCc5ccccc5)cc4CCN3C(=O)OC(C)(C)C)n2c1. The van der Waals surface area contributed by atoms with Crippen LogP contribution in [0, 0.1) is 0 Å². The van der Waals surface area contributed by atoms with E-state index in [2.05, 4.69) is 9.97 Å². The zero-order chi connectivity index (χ0) is 30.6. The van der Waals surface area contributed by atoms with Gasteiger partial charge in [0.15, 0.2) is 11.5 Å². The number of esters is 1. The standard InChI is InChI=1S/C33H36N4O6/c1-6-41-30(38)24-18-34-31-35-19-25(37(31)20-24)12-13-27-26-17-28(40-5)29(42-21-22-10-8-7-9-11-22)16-23(26)14-15-36(27)32(39)43-33(2,3)4/h7-13,16-20,27H,6,14-15,21H2,1-5H3/b13-12+. The van der Waals surface area contributed by atoms with E-state index >= 15 is 0 Å². The van der Waals surface area contributed by atoms with E-state index in [1.165, 1.54) is 6.20 Å². The Kier molecular flexibility index (Phi) is 8.66. The summed E-state index contributed by atoms with van der Waals surface area (Å²) < 4.78 is 24.5. The van der Waals surface area contributed by atoms with Crippen molar-refractivity contribution in [2.24, 2.45) is 0 Å². The number of carbonyl (C=O) groups is 2. The molecular weight excluding hydrogens is 548 g/mol. The molecule has 3 heterocycles. The second-order valence-electron chi connectivity index (χ2n) is 11.1. The smallest absolute Gasteiger partial charge is 0.411 e. The van der Waals surface area contributed by atoms with E-state index in [1.54, 1.807) is 35.7 Å². The summed E-state index contributed by atoms with van der Waals surface area (Å²) in [4.78, 5) is 36.1. The van der Waals surface area contributed by atoms with Crippen LogP contribution in [0.1, 0.15) is 66.5 Å². The van der Waals surface area contributed by atoms with Crippen LogP contribution in [0.15, 0.2) is 67.1 Å². The van der Waals surface area contributed by atoms with Crippen molar-refractivity contribution in [1.82, 2.24) is 19.3 Å². The number of hydrogen-bond acceptors (Lipinski definition) is 8. The maximum Gasteiger partial charge on any atom is 0.411 e. The van der Waals surface area contributed by atoms with Crippen molar-refractivity contribution in [3.05, 3.63) is 95.1 Å². The van der Waals surface area contributed by atoms with Crippen molar-refractivity contribution < 1.29 is 28.5 Å². The van der Waals surface area contributed by atoms with Crippen LogP contribution in [0.2, 0.25) is 0 Å². The van der Waals surface area contributed by atoms with Crippen LogP contribution in [0.5, 0.6) is 11.5 Å². The number of imidazole rings is 1. The molecule has 2 aromatic carbocycles. The number of aromatic nitrogens is 3. The summed E-state index contributed by atoms with van der Waals surface area (Å²) in [6.45, 7) is 8.40. The van der Waals surface area contributed by atoms with Crippen molar-refractivity contribution in [3.63, 3.8) is 0 Å². The van der Waals surface area contributed by atoms with Gasteiger partial charge in [-0.05, 0) is 69.0 Å². The largest absolute Gasteiger partial charge is 0.493 e. The van der Waals surface area contributed by atoms with Crippen molar-refractivity contribution in [2.45, 2.75) is 52.4 Å². The molecule has 0 bridgehead atoms. The number of benzene rings is 2. The average Bonchev–Trinajstić information content (AvgIpc) is 3.40. The number of amides is 1. The third-order valence-corrected chi connectivity index (χ3v) is 6.92. The van der Waals surface area contributed by atoms with E-state index in [4.69, 9.17) is 18.9 Å². The van der Waals surface area contributed by atoms with Gasteiger partial charge in [-0.1, -0.05) is 36.4 Å². The molecule has 1 atom stereocenters. The summed E-state index contributed by atoms with van der Waals surface area (Å²) in [7, 11) is 1.60. The van der Waals surface area contributed by atoms with Gasteiger partial charge >= 0.3 is 12.1 Å². The van der Waals surface area contributed by atoms with E-state index in [0.717, 1.165) is 16.7 Å². The van der Waals surface area contributed by atoms with Gasteiger partial charge in [-0.15, -0.1) is 0 Å². The van der Waals surface area contributed by atoms with Crippen LogP contribution < -0.4 is 9.47 Å². The molecule has 0 saturated carbocycles. The Morgan fingerprint density at radius 2 is 1.84 bits per heavy atom.